The number of carbonyl (C=O) groups excluding carboxylic acids is 1. The summed E-state index contributed by atoms with van der Waals surface area (Å²) < 4.78 is 4.51. The Morgan fingerprint density at radius 1 is 1.50 bits per heavy atom. The molecule has 0 rings (SSSR count). The van der Waals surface area contributed by atoms with E-state index in [4.69, 9.17) is 0 Å². The van der Waals surface area contributed by atoms with Crippen LogP contribution in [0.3, 0.4) is 0 Å². The van der Waals surface area contributed by atoms with E-state index in [0.717, 1.165) is 6.54 Å². The predicted octanol–water partition coefficient (Wildman–Crippen LogP) is 0.909. The van der Waals surface area contributed by atoms with Gasteiger partial charge in [0.2, 0.25) is 0 Å². The van der Waals surface area contributed by atoms with Gasteiger partial charge < -0.3 is 15.4 Å². The summed E-state index contributed by atoms with van der Waals surface area (Å²) in [6, 6.07) is 0. The number of halogens is 1. The zero-order chi connectivity index (χ0) is 11.5. The molecule has 0 aromatic rings. The average molecular weight is 341 g/mol. The molecular formula is C10H20IN3O2. The summed E-state index contributed by atoms with van der Waals surface area (Å²) >= 11 is 0. The summed E-state index contributed by atoms with van der Waals surface area (Å²) in [5, 5.41) is 6.08. The molecule has 0 fully saturated rings. The first-order valence-electron chi connectivity index (χ1n) is 4.94. The Labute approximate surface area is 114 Å². The van der Waals surface area contributed by atoms with Gasteiger partial charge >= 0.3 is 5.97 Å². The van der Waals surface area contributed by atoms with Gasteiger partial charge in [0.1, 0.15) is 0 Å². The first kappa shape index (κ1) is 17.6. The first-order chi connectivity index (χ1) is 7.24. The zero-order valence-electron chi connectivity index (χ0n) is 9.78. The Hall–Kier alpha value is -0.790. The van der Waals surface area contributed by atoms with E-state index in [0.29, 0.717) is 25.5 Å². The highest BCUT2D eigenvalue weighted by atomic mass is 127. The Balaban J connectivity index is 0. The number of carbonyl (C=O) groups is 1. The topological polar surface area (TPSA) is 62.7 Å². The number of guanidine groups is 1. The van der Waals surface area contributed by atoms with Gasteiger partial charge in [-0.3, -0.25) is 9.79 Å². The van der Waals surface area contributed by atoms with Crippen molar-refractivity contribution >= 4 is 35.9 Å². The molecule has 2 N–H and O–H groups in total. The molecule has 0 bridgehead atoms. The molecule has 0 amide bonds. The van der Waals surface area contributed by atoms with Crippen LogP contribution in [0.4, 0.5) is 0 Å². The maximum absolute atomic E-state index is 10.8. The molecule has 0 aliphatic rings. The second-order valence-corrected chi connectivity index (χ2v) is 2.76. The fraction of sp³-hybridized carbons (Fsp3) is 0.600. The van der Waals surface area contributed by atoms with Crippen LogP contribution in [0.2, 0.25) is 0 Å². The van der Waals surface area contributed by atoms with Crippen molar-refractivity contribution in [3.8, 4) is 0 Å². The largest absolute Gasteiger partial charge is 0.469 e. The third-order valence-electron chi connectivity index (χ3n) is 1.57. The van der Waals surface area contributed by atoms with E-state index in [2.05, 4.69) is 26.9 Å². The van der Waals surface area contributed by atoms with Gasteiger partial charge in [0, 0.05) is 13.1 Å². The summed E-state index contributed by atoms with van der Waals surface area (Å²) in [5.74, 6) is 0.430. The van der Waals surface area contributed by atoms with Gasteiger partial charge in [-0.2, -0.15) is 0 Å². The molecule has 0 aliphatic carbocycles. The lowest BCUT2D eigenvalue weighted by atomic mass is 10.4. The summed E-state index contributed by atoms with van der Waals surface area (Å²) in [5.41, 5.74) is 0. The molecule has 16 heavy (non-hydrogen) atoms. The first-order valence-corrected chi connectivity index (χ1v) is 4.94. The summed E-state index contributed by atoms with van der Waals surface area (Å²) in [6.45, 7) is 7.41. The van der Waals surface area contributed by atoms with Crippen molar-refractivity contribution in [1.29, 1.82) is 0 Å². The van der Waals surface area contributed by atoms with E-state index < -0.39 is 0 Å². The zero-order valence-corrected chi connectivity index (χ0v) is 12.1. The van der Waals surface area contributed by atoms with E-state index in [-0.39, 0.29) is 29.9 Å². The van der Waals surface area contributed by atoms with Gasteiger partial charge in [-0.25, -0.2) is 0 Å². The normalized spacial score (nSPS) is 10.0. The minimum Gasteiger partial charge on any atom is -0.469 e. The lowest BCUT2D eigenvalue weighted by molar-refractivity contribution is -0.140. The minimum absolute atomic E-state index is 0. The van der Waals surface area contributed by atoms with E-state index in [1.165, 1.54) is 7.11 Å². The van der Waals surface area contributed by atoms with Crippen LogP contribution in [0.1, 0.15) is 13.3 Å². The van der Waals surface area contributed by atoms with Crippen molar-refractivity contribution in [2.24, 2.45) is 4.99 Å². The van der Waals surface area contributed by atoms with Gasteiger partial charge in [-0.1, -0.05) is 6.08 Å². The summed E-state index contributed by atoms with van der Waals surface area (Å²) in [7, 11) is 1.37. The van der Waals surface area contributed by atoms with Crippen molar-refractivity contribution < 1.29 is 9.53 Å². The molecule has 94 valence electrons. The van der Waals surface area contributed by atoms with Gasteiger partial charge in [0.15, 0.2) is 5.96 Å². The average Bonchev–Trinajstić information content (AvgIpc) is 2.25. The SMILES string of the molecule is C=CCNC(=NCCC(=O)OC)NCC.I. The highest BCUT2D eigenvalue weighted by molar-refractivity contribution is 14.0. The molecule has 5 nitrogen and oxygen atoms in total. The molecule has 0 aromatic carbocycles. The standard InChI is InChI=1S/C10H19N3O2.HI/c1-4-7-12-10(11-5-2)13-8-6-9(14)15-3;/h4H,1,5-8H2,2-3H3,(H2,11,12,13);1H. The number of nitrogens with one attached hydrogen (secondary N) is 2. The summed E-state index contributed by atoms with van der Waals surface area (Å²) in [6.07, 6.45) is 2.04. The van der Waals surface area contributed by atoms with Crippen molar-refractivity contribution in [1.82, 2.24) is 10.6 Å². The van der Waals surface area contributed by atoms with E-state index in [9.17, 15) is 4.79 Å². The Bertz CT molecular complexity index is 232. The molecule has 6 heteroatoms. The molecule has 0 unspecified atom stereocenters. The molecule has 0 aliphatic heterocycles. The Morgan fingerprint density at radius 2 is 2.19 bits per heavy atom. The van der Waals surface area contributed by atoms with Crippen LogP contribution in [-0.4, -0.2) is 38.7 Å². The minimum atomic E-state index is -0.252. The van der Waals surface area contributed by atoms with Crippen LogP contribution < -0.4 is 10.6 Å². The molecule has 0 saturated heterocycles. The lowest BCUT2D eigenvalue weighted by Crippen LogP contribution is -2.37. The number of nitrogens with zero attached hydrogens (tertiary/aromatic N) is 1. The summed E-state index contributed by atoms with van der Waals surface area (Å²) in [4.78, 5) is 15.0. The molecule has 0 saturated carbocycles. The number of aliphatic imine (C=N–C) groups is 1. The highest BCUT2D eigenvalue weighted by Crippen LogP contribution is 1.85. The maximum Gasteiger partial charge on any atom is 0.307 e. The van der Waals surface area contributed by atoms with Gasteiger partial charge in [0.25, 0.3) is 0 Å². The monoisotopic (exact) mass is 341 g/mol. The van der Waals surface area contributed by atoms with Gasteiger partial charge in [-0.05, 0) is 6.92 Å². The molecule has 0 atom stereocenters. The predicted molar refractivity (Wildman–Crippen MR) is 76.2 cm³/mol. The van der Waals surface area contributed by atoms with Crippen LogP contribution in [0.5, 0.6) is 0 Å². The number of methoxy groups -OCH3 is 1. The van der Waals surface area contributed by atoms with Crippen molar-refractivity contribution in [2.75, 3.05) is 26.7 Å². The lowest BCUT2D eigenvalue weighted by Gasteiger charge is -2.08. The third kappa shape index (κ3) is 9.75. The van der Waals surface area contributed by atoms with E-state index >= 15 is 0 Å². The number of ether oxygens (including phenoxy) is 1. The molecular weight excluding hydrogens is 321 g/mol. The fourth-order valence-corrected chi connectivity index (χ4v) is 0.872. The smallest absolute Gasteiger partial charge is 0.307 e. The second kappa shape index (κ2) is 12.3. The highest BCUT2D eigenvalue weighted by Gasteiger charge is 1.99. The number of hydrogen-bond donors (Lipinski definition) is 2. The van der Waals surface area contributed by atoms with Crippen LogP contribution in [0, 0.1) is 0 Å². The van der Waals surface area contributed by atoms with Crippen molar-refractivity contribution in [3.63, 3.8) is 0 Å². The van der Waals surface area contributed by atoms with E-state index in [1.54, 1.807) is 6.08 Å². The molecule has 0 heterocycles. The number of esters is 1. The quantitative estimate of drug-likeness (QED) is 0.248. The van der Waals surface area contributed by atoms with Gasteiger partial charge in [-0.15, -0.1) is 30.6 Å². The molecule has 0 radical (unpaired) electrons. The van der Waals surface area contributed by atoms with E-state index in [1.807, 2.05) is 6.92 Å². The van der Waals surface area contributed by atoms with Crippen molar-refractivity contribution in [3.05, 3.63) is 12.7 Å². The number of rotatable bonds is 6. The molecule has 0 aromatic heterocycles. The Morgan fingerprint density at radius 3 is 2.69 bits per heavy atom. The second-order valence-electron chi connectivity index (χ2n) is 2.76. The van der Waals surface area contributed by atoms with Crippen LogP contribution in [-0.2, 0) is 9.53 Å². The van der Waals surface area contributed by atoms with Crippen LogP contribution in [0.25, 0.3) is 0 Å². The van der Waals surface area contributed by atoms with Crippen LogP contribution >= 0.6 is 24.0 Å². The van der Waals surface area contributed by atoms with Crippen LogP contribution in [0.15, 0.2) is 17.6 Å². The fourth-order valence-electron chi connectivity index (χ4n) is 0.872. The molecule has 0 spiro atoms. The third-order valence-corrected chi connectivity index (χ3v) is 1.57. The maximum atomic E-state index is 10.8. The number of hydrogen-bond acceptors (Lipinski definition) is 3. The Kier molecular flexibility index (Phi) is 13.5. The van der Waals surface area contributed by atoms with Crippen molar-refractivity contribution in [2.45, 2.75) is 13.3 Å². The van der Waals surface area contributed by atoms with Gasteiger partial charge in [0.05, 0.1) is 20.1 Å².